The Morgan fingerprint density at radius 1 is 0.833 bits per heavy atom. The maximum atomic E-state index is 13.1. The number of carbonyl (C=O) groups is 1. The third-order valence-corrected chi connectivity index (χ3v) is 9.60. The van der Waals surface area contributed by atoms with Gasteiger partial charge < -0.3 is 29.1 Å². The number of aromatic nitrogens is 2. The van der Waals surface area contributed by atoms with Gasteiger partial charge in [-0.3, -0.25) is 9.79 Å². The molecule has 4 heterocycles. The summed E-state index contributed by atoms with van der Waals surface area (Å²) in [4.78, 5) is 26.6. The molecule has 2 aromatic heterocycles. The highest BCUT2D eigenvalue weighted by Crippen LogP contribution is 2.40. The molecule has 0 aliphatic carbocycles. The van der Waals surface area contributed by atoms with Gasteiger partial charge in [-0.15, -0.1) is 0 Å². The fourth-order valence-corrected chi connectivity index (χ4v) is 7.15. The summed E-state index contributed by atoms with van der Waals surface area (Å²) in [5.41, 5.74) is 7.15. The van der Waals surface area contributed by atoms with E-state index in [-0.39, 0.29) is 17.9 Å². The second-order valence-corrected chi connectivity index (χ2v) is 12.5. The molecule has 1 fully saturated rings. The van der Waals surface area contributed by atoms with Gasteiger partial charge in [0.05, 0.1) is 37.6 Å². The van der Waals surface area contributed by atoms with E-state index in [0.29, 0.717) is 36.0 Å². The van der Waals surface area contributed by atoms with Crippen LogP contribution in [0.4, 0.5) is 5.69 Å². The normalized spacial score (nSPS) is 15.6. The number of methoxy groups -OCH3 is 1. The number of unbranched alkanes of at least 4 members (excludes halogenated alkanes) is 1. The van der Waals surface area contributed by atoms with Crippen molar-refractivity contribution in [2.24, 2.45) is 4.99 Å². The summed E-state index contributed by atoms with van der Waals surface area (Å²) < 4.78 is 17.8. The van der Waals surface area contributed by atoms with E-state index in [1.807, 2.05) is 17.2 Å². The molecule has 2 N–H and O–H groups in total. The monoisotopic (exact) mass is 638 g/mol. The molecule has 8 heteroatoms. The van der Waals surface area contributed by atoms with E-state index in [2.05, 4.69) is 100 Å². The quantitative estimate of drug-likeness (QED) is 0.139. The Hall–Kier alpha value is -5.50. The summed E-state index contributed by atoms with van der Waals surface area (Å²) in [7, 11) is 1.60. The minimum atomic E-state index is 0.00600. The average molecular weight is 639 g/mol. The van der Waals surface area contributed by atoms with Gasteiger partial charge in [-0.25, -0.2) is 0 Å². The van der Waals surface area contributed by atoms with Gasteiger partial charge in [0.1, 0.15) is 5.75 Å². The highest BCUT2D eigenvalue weighted by Gasteiger charge is 2.32. The van der Waals surface area contributed by atoms with Crippen LogP contribution < -0.4 is 14.2 Å². The number of nitrogens with zero attached hydrogens (tertiary/aromatic N) is 2. The van der Waals surface area contributed by atoms with Crippen LogP contribution in [0, 0.1) is 0 Å². The van der Waals surface area contributed by atoms with Crippen molar-refractivity contribution in [3.05, 3.63) is 120 Å². The zero-order chi connectivity index (χ0) is 32.5. The van der Waals surface area contributed by atoms with Gasteiger partial charge in [-0.1, -0.05) is 48.5 Å². The number of para-hydroxylation sites is 2. The highest BCUT2D eigenvalue weighted by atomic mass is 16.5. The molecule has 242 valence electrons. The fraction of sp³-hybridized carbons (Fsp3) is 0.250. The molecule has 4 aromatic carbocycles. The van der Waals surface area contributed by atoms with Crippen molar-refractivity contribution >= 4 is 39.6 Å². The Morgan fingerprint density at radius 2 is 1.50 bits per heavy atom. The molecule has 0 unspecified atom stereocenters. The van der Waals surface area contributed by atoms with Crippen molar-refractivity contribution in [3.8, 4) is 17.2 Å². The Labute approximate surface area is 279 Å². The van der Waals surface area contributed by atoms with E-state index in [4.69, 9.17) is 14.2 Å². The van der Waals surface area contributed by atoms with Crippen molar-refractivity contribution in [2.75, 3.05) is 26.9 Å². The first-order valence-corrected chi connectivity index (χ1v) is 16.7. The lowest BCUT2D eigenvalue weighted by molar-refractivity contribution is 0.0774. The standard InChI is InChI=1S/C40H38N4O4/c1-46-37-21-31-36(41-23-27-9-8-18-44(27)40(31)45)22-38(37)48-20-7-6-19-47-28-16-14-26(15-17-28)39(32-24-42-34-12-4-2-10-29(32)34)33-25-43-35-13-5-3-11-30(33)35/h2-5,10-17,21-25,27,39,42-43H,6-9,18-20H2,1H3/t27-/m0/s1. The van der Waals surface area contributed by atoms with Crippen LogP contribution in [0.1, 0.15) is 58.6 Å². The zero-order valence-electron chi connectivity index (χ0n) is 26.9. The van der Waals surface area contributed by atoms with Gasteiger partial charge in [0, 0.05) is 58.9 Å². The van der Waals surface area contributed by atoms with E-state index in [1.54, 1.807) is 13.2 Å². The number of hydrogen-bond acceptors (Lipinski definition) is 5. The first kappa shape index (κ1) is 29.9. The Morgan fingerprint density at radius 3 is 2.19 bits per heavy atom. The van der Waals surface area contributed by atoms with E-state index in [1.165, 1.54) is 27.5 Å². The number of amides is 1. The van der Waals surface area contributed by atoms with Crippen LogP contribution in [0.2, 0.25) is 0 Å². The summed E-state index contributed by atoms with van der Waals surface area (Å²) in [6, 6.07) is 29.1. The SMILES string of the molecule is COc1cc2c(cc1OCCCCOc1ccc(C(c3c[nH]c4ccccc34)c3c[nH]c4ccccc34)cc1)N=C[C@@H]1CCCN1C2=O. The van der Waals surface area contributed by atoms with Gasteiger partial charge in [0.15, 0.2) is 11.5 Å². The maximum absolute atomic E-state index is 13.1. The lowest BCUT2D eigenvalue weighted by Gasteiger charge is -2.20. The van der Waals surface area contributed by atoms with Crippen LogP contribution in [0.15, 0.2) is 102 Å². The van der Waals surface area contributed by atoms with E-state index >= 15 is 0 Å². The number of fused-ring (bicyclic) bond motifs is 4. The second kappa shape index (κ2) is 13.0. The van der Waals surface area contributed by atoms with Crippen LogP contribution in [0.5, 0.6) is 17.2 Å². The summed E-state index contributed by atoms with van der Waals surface area (Å²) in [5, 5.41) is 2.45. The number of benzene rings is 4. The number of aromatic amines is 2. The van der Waals surface area contributed by atoms with Crippen LogP contribution >= 0.6 is 0 Å². The summed E-state index contributed by atoms with van der Waals surface area (Å²) >= 11 is 0. The molecule has 0 bridgehead atoms. The molecule has 2 aliphatic rings. The Kier molecular flexibility index (Phi) is 8.06. The zero-order valence-corrected chi connectivity index (χ0v) is 26.9. The Balaban J connectivity index is 0.913. The number of aliphatic imine (C=N–C) groups is 1. The topological polar surface area (TPSA) is 91.9 Å². The predicted molar refractivity (Wildman–Crippen MR) is 189 cm³/mol. The molecular weight excluding hydrogens is 600 g/mol. The lowest BCUT2D eigenvalue weighted by atomic mass is 9.85. The van der Waals surface area contributed by atoms with E-state index in [9.17, 15) is 4.79 Å². The molecule has 6 aromatic rings. The minimum Gasteiger partial charge on any atom is -0.494 e. The van der Waals surface area contributed by atoms with Crippen molar-refractivity contribution < 1.29 is 19.0 Å². The molecule has 8 rings (SSSR count). The van der Waals surface area contributed by atoms with Gasteiger partial charge in [0.2, 0.25) is 0 Å². The minimum absolute atomic E-state index is 0.00600. The first-order valence-electron chi connectivity index (χ1n) is 16.7. The molecule has 0 spiro atoms. The Bertz CT molecular complexity index is 2040. The number of H-pyrrole nitrogens is 2. The fourth-order valence-electron chi connectivity index (χ4n) is 7.15. The number of carbonyl (C=O) groups excluding carboxylic acids is 1. The van der Waals surface area contributed by atoms with Crippen molar-refractivity contribution in [2.45, 2.75) is 37.6 Å². The lowest BCUT2D eigenvalue weighted by Crippen LogP contribution is -2.35. The molecule has 48 heavy (non-hydrogen) atoms. The molecule has 0 radical (unpaired) electrons. The molecule has 1 atom stereocenters. The summed E-state index contributed by atoms with van der Waals surface area (Å²) in [6.07, 6.45) is 9.76. The molecular formula is C40H38N4O4. The smallest absolute Gasteiger partial charge is 0.256 e. The number of ether oxygens (including phenoxy) is 3. The van der Waals surface area contributed by atoms with Crippen LogP contribution in [-0.2, 0) is 0 Å². The van der Waals surface area contributed by atoms with Crippen LogP contribution in [0.25, 0.3) is 21.8 Å². The van der Waals surface area contributed by atoms with Gasteiger partial charge in [-0.05, 0) is 72.7 Å². The van der Waals surface area contributed by atoms with Crippen molar-refractivity contribution in [1.29, 1.82) is 0 Å². The predicted octanol–water partition coefficient (Wildman–Crippen LogP) is 8.40. The van der Waals surface area contributed by atoms with Gasteiger partial charge >= 0.3 is 0 Å². The molecule has 0 saturated carbocycles. The summed E-state index contributed by atoms with van der Waals surface area (Å²) in [6.45, 7) is 1.84. The number of rotatable bonds is 11. The molecule has 8 nitrogen and oxygen atoms in total. The molecule has 1 amide bonds. The van der Waals surface area contributed by atoms with Crippen molar-refractivity contribution in [3.63, 3.8) is 0 Å². The summed E-state index contributed by atoms with van der Waals surface area (Å²) in [5.74, 6) is 2.04. The van der Waals surface area contributed by atoms with Crippen LogP contribution in [0.3, 0.4) is 0 Å². The number of hydrogen-bond donors (Lipinski definition) is 2. The second-order valence-electron chi connectivity index (χ2n) is 12.5. The average Bonchev–Trinajstić information content (AvgIpc) is 3.87. The van der Waals surface area contributed by atoms with Gasteiger partial charge in [0.25, 0.3) is 5.91 Å². The van der Waals surface area contributed by atoms with E-state index < -0.39 is 0 Å². The largest absolute Gasteiger partial charge is 0.494 e. The maximum Gasteiger partial charge on any atom is 0.256 e. The first-order chi connectivity index (χ1) is 23.7. The third kappa shape index (κ3) is 5.57. The van der Waals surface area contributed by atoms with E-state index in [0.717, 1.165) is 49.0 Å². The van der Waals surface area contributed by atoms with Gasteiger partial charge in [-0.2, -0.15) is 0 Å². The molecule has 1 saturated heterocycles. The number of nitrogens with one attached hydrogen (secondary N) is 2. The van der Waals surface area contributed by atoms with Crippen LogP contribution in [-0.4, -0.2) is 59.9 Å². The highest BCUT2D eigenvalue weighted by molar-refractivity contribution is 6.03. The van der Waals surface area contributed by atoms with Crippen molar-refractivity contribution in [1.82, 2.24) is 14.9 Å². The third-order valence-electron chi connectivity index (χ3n) is 9.60. The molecule has 2 aliphatic heterocycles.